The van der Waals surface area contributed by atoms with E-state index in [0.717, 1.165) is 11.9 Å². The number of hydrogen-bond acceptors (Lipinski definition) is 4. The average molecular weight is 234 g/mol. The number of carbonyl (C=O) groups excluding carboxylic acids is 1. The van der Waals surface area contributed by atoms with Crippen LogP contribution in [0, 0.1) is 0 Å². The van der Waals surface area contributed by atoms with Crippen molar-refractivity contribution in [2.75, 3.05) is 12.0 Å². The maximum absolute atomic E-state index is 11.0. The lowest BCUT2D eigenvalue weighted by Crippen LogP contribution is -2.06. The third-order valence-corrected chi connectivity index (χ3v) is 2.23. The summed E-state index contributed by atoms with van der Waals surface area (Å²) in [6.07, 6.45) is 1.12. The van der Waals surface area contributed by atoms with Gasteiger partial charge in [0.2, 0.25) is 0 Å². The molecule has 92 valence electrons. The van der Waals surface area contributed by atoms with Crippen molar-refractivity contribution in [1.29, 1.82) is 0 Å². The first-order valence-corrected chi connectivity index (χ1v) is 5.69. The van der Waals surface area contributed by atoms with Crippen LogP contribution in [0.25, 0.3) is 0 Å². The molecule has 0 amide bonds. The van der Waals surface area contributed by atoms with Crippen LogP contribution in [0.4, 0.5) is 5.69 Å². The number of carbonyl (C=O) groups is 1. The number of hydrogen-bond donors (Lipinski definition) is 1. The van der Waals surface area contributed by atoms with E-state index in [1.54, 1.807) is 6.92 Å². The van der Waals surface area contributed by atoms with Gasteiger partial charge >= 0.3 is 5.97 Å². The Morgan fingerprint density at radius 3 is 2.59 bits per heavy atom. The molecule has 0 aliphatic rings. The number of ether oxygens (including phenoxy) is 1. The van der Waals surface area contributed by atoms with Crippen LogP contribution in [0.3, 0.4) is 0 Å². The van der Waals surface area contributed by atoms with Crippen LogP contribution < -0.4 is 5.43 Å². The van der Waals surface area contributed by atoms with E-state index in [2.05, 4.69) is 24.4 Å². The lowest BCUT2D eigenvalue weighted by Gasteiger charge is -2.06. The molecule has 0 aliphatic carbocycles. The number of nitrogens with one attached hydrogen (secondary N) is 1. The highest BCUT2D eigenvalue weighted by Gasteiger charge is 1.98. The predicted molar refractivity (Wildman–Crippen MR) is 69.3 cm³/mol. The van der Waals surface area contributed by atoms with Crippen LogP contribution in [-0.4, -0.2) is 18.8 Å². The smallest absolute Gasteiger partial charge is 0.351 e. The lowest BCUT2D eigenvalue weighted by atomic mass is 10.0. The number of nitrogens with zero attached hydrogens (tertiary/aromatic N) is 1. The van der Waals surface area contributed by atoms with Gasteiger partial charge in [-0.05, 0) is 30.5 Å². The Bertz CT molecular complexity index is 383. The molecule has 0 aliphatic heterocycles. The molecule has 4 nitrogen and oxygen atoms in total. The van der Waals surface area contributed by atoms with Gasteiger partial charge in [-0.15, -0.1) is 0 Å². The molecular formula is C13H18N2O2. The van der Waals surface area contributed by atoms with Crippen molar-refractivity contribution in [3.63, 3.8) is 0 Å². The zero-order valence-electron chi connectivity index (χ0n) is 10.4. The molecule has 0 spiro atoms. The fourth-order valence-electron chi connectivity index (χ4n) is 1.28. The van der Waals surface area contributed by atoms with E-state index < -0.39 is 5.97 Å². The largest absolute Gasteiger partial charge is 0.462 e. The number of hydrazone groups is 1. The molecule has 0 saturated heterocycles. The molecule has 0 radical (unpaired) electrons. The summed E-state index contributed by atoms with van der Waals surface area (Å²) in [5, 5.41) is 3.79. The highest BCUT2D eigenvalue weighted by molar-refractivity contribution is 6.23. The van der Waals surface area contributed by atoms with Gasteiger partial charge < -0.3 is 4.74 Å². The van der Waals surface area contributed by atoms with Crippen LogP contribution >= 0.6 is 0 Å². The monoisotopic (exact) mass is 234 g/mol. The second kappa shape index (κ2) is 6.68. The fourth-order valence-corrected chi connectivity index (χ4v) is 1.28. The number of rotatable bonds is 5. The number of benzene rings is 1. The van der Waals surface area contributed by atoms with Gasteiger partial charge in [0.1, 0.15) is 6.21 Å². The Morgan fingerprint density at radius 2 is 2.06 bits per heavy atom. The minimum Gasteiger partial charge on any atom is -0.462 e. The normalized spacial score (nSPS) is 10.8. The maximum Gasteiger partial charge on any atom is 0.351 e. The van der Waals surface area contributed by atoms with Gasteiger partial charge in [-0.1, -0.05) is 26.0 Å². The molecule has 0 atom stereocenters. The average Bonchev–Trinajstić information content (AvgIpc) is 2.30. The summed E-state index contributed by atoms with van der Waals surface area (Å²) in [5.41, 5.74) is 4.88. The molecule has 0 fully saturated rings. The van der Waals surface area contributed by atoms with Crippen LogP contribution in [0.5, 0.6) is 0 Å². The Hall–Kier alpha value is -1.84. The fraction of sp³-hybridized carbons (Fsp3) is 0.385. The lowest BCUT2D eigenvalue weighted by molar-refractivity contribution is -0.134. The Kier molecular flexibility index (Phi) is 5.20. The molecule has 0 bridgehead atoms. The molecule has 4 heteroatoms. The highest BCUT2D eigenvalue weighted by atomic mass is 16.5. The summed E-state index contributed by atoms with van der Waals surface area (Å²) in [5.74, 6) is 0.0610. The summed E-state index contributed by atoms with van der Waals surface area (Å²) >= 11 is 0. The van der Waals surface area contributed by atoms with E-state index >= 15 is 0 Å². The van der Waals surface area contributed by atoms with Crippen molar-refractivity contribution in [3.05, 3.63) is 29.8 Å². The first-order chi connectivity index (χ1) is 8.13. The van der Waals surface area contributed by atoms with Crippen molar-refractivity contribution < 1.29 is 9.53 Å². The van der Waals surface area contributed by atoms with Crippen molar-refractivity contribution >= 4 is 17.9 Å². The van der Waals surface area contributed by atoms with E-state index in [1.165, 1.54) is 5.56 Å². The summed E-state index contributed by atoms with van der Waals surface area (Å²) in [6, 6.07) is 7.93. The topological polar surface area (TPSA) is 50.7 Å². The Balaban J connectivity index is 2.50. The molecule has 0 saturated carbocycles. The first-order valence-electron chi connectivity index (χ1n) is 5.69. The van der Waals surface area contributed by atoms with Crippen molar-refractivity contribution in [1.82, 2.24) is 0 Å². The summed E-state index contributed by atoms with van der Waals surface area (Å²) in [4.78, 5) is 11.0. The SMILES string of the molecule is CCOC(=O)/C=N\Nc1ccc(C(C)C)cc1. The van der Waals surface area contributed by atoms with E-state index in [9.17, 15) is 4.79 Å². The molecule has 1 aromatic rings. The molecule has 17 heavy (non-hydrogen) atoms. The minimum absolute atomic E-state index is 0.355. The molecule has 0 aromatic heterocycles. The van der Waals surface area contributed by atoms with Crippen LogP contribution in [0.15, 0.2) is 29.4 Å². The third kappa shape index (κ3) is 4.68. The van der Waals surface area contributed by atoms with Crippen LogP contribution in [-0.2, 0) is 9.53 Å². The van der Waals surface area contributed by atoms with Gasteiger partial charge in [-0.3, -0.25) is 5.43 Å². The van der Waals surface area contributed by atoms with Gasteiger partial charge in [0.25, 0.3) is 0 Å². The third-order valence-electron chi connectivity index (χ3n) is 2.23. The molecular weight excluding hydrogens is 216 g/mol. The summed E-state index contributed by atoms with van der Waals surface area (Å²) in [6.45, 7) is 6.39. The molecule has 1 N–H and O–H groups in total. The second-order valence-corrected chi connectivity index (χ2v) is 3.90. The maximum atomic E-state index is 11.0. The van der Waals surface area contributed by atoms with E-state index in [4.69, 9.17) is 4.74 Å². The Morgan fingerprint density at radius 1 is 1.41 bits per heavy atom. The quantitative estimate of drug-likeness (QED) is 0.484. The van der Waals surface area contributed by atoms with E-state index in [-0.39, 0.29) is 0 Å². The number of esters is 1. The van der Waals surface area contributed by atoms with Gasteiger partial charge in [0.15, 0.2) is 0 Å². The van der Waals surface area contributed by atoms with Crippen molar-refractivity contribution in [2.24, 2.45) is 5.10 Å². The van der Waals surface area contributed by atoms with Crippen LogP contribution in [0.1, 0.15) is 32.3 Å². The summed E-state index contributed by atoms with van der Waals surface area (Å²) in [7, 11) is 0. The van der Waals surface area contributed by atoms with E-state index in [1.807, 2.05) is 24.3 Å². The van der Waals surface area contributed by atoms with Gasteiger partial charge in [-0.25, -0.2) is 4.79 Å². The minimum atomic E-state index is -0.446. The second-order valence-electron chi connectivity index (χ2n) is 3.90. The van der Waals surface area contributed by atoms with Gasteiger partial charge in [0, 0.05) is 0 Å². The van der Waals surface area contributed by atoms with Gasteiger partial charge in [0.05, 0.1) is 12.3 Å². The molecule has 1 rings (SSSR count). The zero-order chi connectivity index (χ0) is 12.7. The zero-order valence-corrected chi connectivity index (χ0v) is 10.4. The Labute approximate surface area is 102 Å². The predicted octanol–water partition coefficient (Wildman–Crippen LogP) is 2.77. The van der Waals surface area contributed by atoms with Crippen molar-refractivity contribution in [3.8, 4) is 0 Å². The van der Waals surface area contributed by atoms with Crippen LogP contribution in [0.2, 0.25) is 0 Å². The van der Waals surface area contributed by atoms with Gasteiger partial charge in [-0.2, -0.15) is 5.10 Å². The summed E-state index contributed by atoms with van der Waals surface area (Å²) < 4.78 is 4.70. The number of anilines is 1. The highest BCUT2D eigenvalue weighted by Crippen LogP contribution is 2.16. The van der Waals surface area contributed by atoms with Crippen molar-refractivity contribution in [2.45, 2.75) is 26.7 Å². The van der Waals surface area contributed by atoms with E-state index in [0.29, 0.717) is 12.5 Å². The first kappa shape index (κ1) is 13.2. The standard InChI is InChI=1S/C13H18N2O2/c1-4-17-13(16)9-14-15-12-7-5-11(6-8-12)10(2)3/h5-10,15H,4H2,1-3H3/b14-9-. The molecule has 0 unspecified atom stereocenters. The molecule has 1 aromatic carbocycles. The molecule has 0 heterocycles.